The highest BCUT2D eigenvalue weighted by Gasteiger charge is 2.70. The van der Waals surface area contributed by atoms with E-state index in [-0.39, 0.29) is 55.2 Å². The van der Waals surface area contributed by atoms with Crippen molar-refractivity contribution in [2.75, 3.05) is 6.61 Å². The molecule has 0 radical (unpaired) electrons. The number of esters is 1. The van der Waals surface area contributed by atoms with E-state index in [1.165, 1.54) is 6.08 Å². The molecule has 55 heavy (non-hydrogen) atoms. The zero-order chi connectivity index (χ0) is 39.2. The molecule has 0 bridgehead atoms. The van der Waals surface area contributed by atoms with Crippen molar-refractivity contribution in [2.45, 2.75) is 197 Å². The lowest BCUT2D eigenvalue weighted by Crippen LogP contribution is -2.62. The molecular formula is C41H64O14. The van der Waals surface area contributed by atoms with Gasteiger partial charge in [0.2, 0.25) is 0 Å². The lowest BCUT2D eigenvalue weighted by molar-refractivity contribution is -0.336. The molecule has 4 aliphatic carbocycles. The van der Waals surface area contributed by atoms with Crippen molar-refractivity contribution in [3.8, 4) is 0 Å². The van der Waals surface area contributed by atoms with Crippen LogP contribution in [0.5, 0.6) is 0 Å². The molecule has 6 N–H and O–H groups in total. The van der Waals surface area contributed by atoms with Crippen LogP contribution in [0.4, 0.5) is 0 Å². The zero-order valence-electron chi connectivity index (χ0n) is 32.9. The Hall–Kier alpha value is -1.27. The monoisotopic (exact) mass is 780 g/mol. The number of hydrogen-bond acceptors (Lipinski definition) is 14. The molecule has 4 heterocycles. The molecule has 0 aromatic heterocycles. The SMILES string of the molecule is C[C@H]1O[C@@H](O[C@H]2[C@@H](O)C[C@H](O[C@H]3[C@@H](O)C[C@H](O[C@H]4CC[C@@]5(C)[C@H](CC[C@@H]6[C@@H]5CC[C@]5(C)[C@@H](C7=CC(=O)OC7)[C@@H](O)C[C@]65O)C4)O[C@@H]3C)O[C@@H]2C)C[C@H](O)[C@@H]1O. The number of fused-ring (bicyclic) bond motifs is 5. The predicted octanol–water partition coefficient (Wildman–Crippen LogP) is 2.22. The normalized spacial score (nSPS) is 55.5. The Labute approximate surface area is 323 Å². The van der Waals surface area contributed by atoms with Crippen LogP contribution < -0.4 is 0 Å². The topological polar surface area (TPSA) is 203 Å². The fourth-order valence-corrected chi connectivity index (χ4v) is 12.9. The van der Waals surface area contributed by atoms with Gasteiger partial charge in [0.1, 0.15) is 24.9 Å². The van der Waals surface area contributed by atoms with Gasteiger partial charge in [-0.3, -0.25) is 0 Å². The van der Waals surface area contributed by atoms with Crippen molar-refractivity contribution >= 4 is 5.97 Å². The van der Waals surface area contributed by atoms with Crippen LogP contribution in [0, 0.1) is 34.5 Å². The fourth-order valence-electron chi connectivity index (χ4n) is 12.9. The molecule has 4 aliphatic heterocycles. The molecule has 14 nitrogen and oxygen atoms in total. The number of rotatable bonds is 7. The maximum absolute atomic E-state index is 12.6. The quantitative estimate of drug-likeness (QED) is 0.162. The molecule has 7 fully saturated rings. The molecule has 8 aliphatic rings. The second-order valence-electron chi connectivity index (χ2n) is 18.9. The lowest BCUT2D eigenvalue weighted by Gasteiger charge is -2.63. The summed E-state index contributed by atoms with van der Waals surface area (Å²) in [6.45, 7) is 9.98. The lowest BCUT2D eigenvalue weighted by atomic mass is 9.43. The van der Waals surface area contributed by atoms with E-state index in [0.717, 1.165) is 50.5 Å². The molecule has 3 saturated heterocycles. The standard InChI is InChI=1S/C41H64O14/c1-19-36(47)27(42)14-33(50-19)54-38-21(3)52-34(16-29(38)44)55-37-20(2)51-32(15-28(37)43)53-24-8-10-39(4)23(13-24)6-7-26-25(39)9-11-40(5)35(22-12-31(46)49-18-22)30(45)17-41(26,40)48/h12,19-21,23-30,32-38,42-45,47-48H,6-11,13-18H2,1-5H3/t19-,20-,21-,23-,24+,25+,26-,27+,28+,29+,30+,32+,33+,34+,35+,36-,37-,38-,39+,40-,41+/m1/s1. The maximum atomic E-state index is 12.6. The van der Waals surface area contributed by atoms with Gasteiger partial charge in [0.05, 0.1) is 54.4 Å². The second-order valence-corrected chi connectivity index (χ2v) is 18.9. The van der Waals surface area contributed by atoms with Gasteiger partial charge in [-0.1, -0.05) is 13.8 Å². The van der Waals surface area contributed by atoms with Gasteiger partial charge in [0, 0.05) is 43.1 Å². The van der Waals surface area contributed by atoms with Gasteiger partial charge in [-0.05, 0) is 94.5 Å². The average molecular weight is 781 g/mol. The van der Waals surface area contributed by atoms with Crippen molar-refractivity contribution in [3.63, 3.8) is 0 Å². The van der Waals surface area contributed by atoms with Crippen molar-refractivity contribution in [1.82, 2.24) is 0 Å². The average Bonchev–Trinajstić information content (AvgIpc) is 3.62. The van der Waals surface area contributed by atoms with E-state index in [4.69, 9.17) is 33.2 Å². The number of ether oxygens (including phenoxy) is 7. The minimum absolute atomic E-state index is 0.0203. The Morgan fingerprint density at radius 1 is 0.691 bits per heavy atom. The highest BCUT2D eigenvalue weighted by molar-refractivity contribution is 5.85. The molecule has 312 valence electrons. The van der Waals surface area contributed by atoms with Crippen LogP contribution in [0.3, 0.4) is 0 Å². The van der Waals surface area contributed by atoms with Crippen LogP contribution in [0.1, 0.15) is 105 Å². The van der Waals surface area contributed by atoms with E-state index in [1.807, 2.05) is 6.92 Å². The van der Waals surface area contributed by atoms with Gasteiger partial charge in [-0.2, -0.15) is 0 Å². The maximum Gasteiger partial charge on any atom is 0.331 e. The highest BCUT2D eigenvalue weighted by atomic mass is 16.7. The first-order valence-electron chi connectivity index (χ1n) is 20.9. The van der Waals surface area contributed by atoms with E-state index in [1.54, 1.807) is 13.8 Å². The number of carbonyl (C=O) groups excluding carboxylic acids is 1. The fraction of sp³-hybridized carbons (Fsp3) is 0.927. The van der Waals surface area contributed by atoms with Crippen LogP contribution in [-0.4, -0.2) is 135 Å². The molecule has 0 amide bonds. The second kappa shape index (κ2) is 15.1. The van der Waals surface area contributed by atoms with Gasteiger partial charge < -0.3 is 63.8 Å². The summed E-state index contributed by atoms with van der Waals surface area (Å²) < 4.78 is 42.1. The van der Waals surface area contributed by atoms with Crippen LogP contribution >= 0.6 is 0 Å². The van der Waals surface area contributed by atoms with Crippen molar-refractivity contribution in [3.05, 3.63) is 11.6 Å². The predicted molar refractivity (Wildman–Crippen MR) is 193 cm³/mol. The number of cyclic esters (lactones) is 1. The minimum atomic E-state index is -1.01. The Bertz CT molecular complexity index is 1410. The van der Waals surface area contributed by atoms with E-state index < -0.39 is 90.9 Å². The zero-order valence-corrected chi connectivity index (χ0v) is 32.9. The first-order chi connectivity index (χ1) is 26.0. The Morgan fingerprint density at radius 3 is 1.87 bits per heavy atom. The molecule has 0 aromatic rings. The summed E-state index contributed by atoms with van der Waals surface area (Å²) in [5.41, 5.74) is -0.686. The summed E-state index contributed by atoms with van der Waals surface area (Å²) in [4.78, 5) is 12.0. The molecule has 4 saturated carbocycles. The summed E-state index contributed by atoms with van der Waals surface area (Å²) in [7, 11) is 0. The van der Waals surface area contributed by atoms with E-state index >= 15 is 0 Å². The minimum Gasteiger partial charge on any atom is -0.458 e. The molecule has 8 rings (SSSR count). The van der Waals surface area contributed by atoms with Crippen molar-refractivity contribution < 1.29 is 68.6 Å². The summed E-state index contributed by atoms with van der Waals surface area (Å²) in [5.74, 6) is 0.174. The number of aliphatic hydroxyl groups is 6. The Balaban J connectivity index is 0.834. The van der Waals surface area contributed by atoms with Gasteiger partial charge in [0.15, 0.2) is 18.9 Å². The third-order valence-electron chi connectivity index (χ3n) is 15.8. The number of aliphatic hydroxyl groups excluding tert-OH is 5. The van der Waals surface area contributed by atoms with E-state index in [2.05, 4.69) is 13.8 Å². The summed E-state index contributed by atoms with van der Waals surface area (Å²) in [6, 6.07) is 0. The largest absolute Gasteiger partial charge is 0.458 e. The molecule has 21 atom stereocenters. The van der Waals surface area contributed by atoms with Crippen LogP contribution in [0.2, 0.25) is 0 Å². The van der Waals surface area contributed by atoms with Crippen LogP contribution in [-0.2, 0) is 38.0 Å². The third kappa shape index (κ3) is 7.05. The summed E-state index contributed by atoms with van der Waals surface area (Å²) in [5, 5.41) is 66.3. The van der Waals surface area contributed by atoms with Gasteiger partial charge in [-0.15, -0.1) is 0 Å². The Morgan fingerprint density at radius 2 is 1.29 bits per heavy atom. The molecule has 0 aromatic carbocycles. The smallest absolute Gasteiger partial charge is 0.331 e. The van der Waals surface area contributed by atoms with Crippen molar-refractivity contribution in [2.24, 2.45) is 34.5 Å². The third-order valence-corrected chi connectivity index (χ3v) is 15.8. The van der Waals surface area contributed by atoms with Gasteiger partial charge in [0.25, 0.3) is 0 Å². The molecule has 14 heteroatoms. The van der Waals surface area contributed by atoms with Crippen molar-refractivity contribution in [1.29, 1.82) is 0 Å². The van der Waals surface area contributed by atoms with E-state index in [9.17, 15) is 35.4 Å². The van der Waals surface area contributed by atoms with Gasteiger partial charge >= 0.3 is 5.97 Å². The van der Waals surface area contributed by atoms with Crippen LogP contribution in [0.25, 0.3) is 0 Å². The molecule has 0 spiro atoms. The van der Waals surface area contributed by atoms with E-state index in [0.29, 0.717) is 18.3 Å². The number of hydrogen-bond donors (Lipinski definition) is 6. The Kier molecular flexibility index (Phi) is 11.1. The van der Waals surface area contributed by atoms with Gasteiger partial charge in [-0.25, -0.2) is 4.79 Å². The summed E-state index contributed by atoms with van der Waals surface area (Å²) in [6.07, 6.45) is -1.26. The van der Waals surface area contributed by atoms with Crippen LogP contribution in [0.15, 0.2) is 11.6 Å². The number of carbonyl (C=O) groups is 1. The molecular weight excluding hydrogens is 716 g/mol. The summed E-state index contributed by atoms with van der Waals surface area (Å²) >= 11 is 0. The first kappa shape index (κ1) is 40.5. The first-order valence-corrected chi connectivity index (χ1v) is 20.9. The highest BCUT2D eigenvalue weighted by Crippen LogP contribution is 2.70. The molecule has 0 unspecified atom stereocenters.